The van der Waals surface area contributed by atoms with Gasteiger partial charge in [0.15, 0.2) is 6.61 Å². The molecule has 0 saturated heterocycles. The van der Waals surface area contributed by atoms with Crippen LogP contribution < -0.4 is 19.7 Å². The SMILES string of the molecule is CC(C)CN1C(=O)COc2ccc(NC(=O)CCOc3ccccc3)cc21. The number of fused-ring (bicyclic) bond motifs is 1. The van der Waals surface area contributed by atoms with Crippen molar-refractivity contribution in [1.29, 1.82) is 0 Å². The molecule has 0 fully saturated rings. The van der Waals surface area contributed by atoms with Crippen molar-refractivity contribution in [3.63, 3.8) is 0 Å². The number of hydrogen-bond acceptors (Lipinski definition) is 4. The van der Waals surface area contributed by atoms with E-state index >= 15 is 0 Å². The first-order chi connectivity index (χ1) is 13.0. The molecule has 1 aliphatic heterocycles. The van der Waals surface area contributed by atoms with Crippen molar-refractivity contribution in [2.45, 2.75) is 20.3 Å². The number of nitrogens with zero attached hydrogens (tertiary/aromatic N) is 1. The Morgan fingerprint density at radius 1 is 1.22 bits per heavy atom. The van der Waals surface area contributed by atoms with Gasteiger partial charge in [-0.1, -0.05) is 32.0 Å². The van der Waals surface area contributed by atoms with Gasteiger partial charge in [0, 0.05) is 12.2 Å². The maximum absolute atomic E-state index is 12.2. The second kappa shape index (κ2) is 8.58. The van der Waals surface area contributed by atoms with Crippen molar-refractivity contribution in [3.05, 3.63) is 48.5 Å². The zero-order chi connectivity index (χ0) is 19.2. The van der Waals surface area contributed by atoms with Crippen molar-refractivity contribution in [2.24, 2.45) is 5.92 Å². The van der Waals surface area contributed by atoms with E-state index in [4.69, 9.17) is 9.47 Å². The Morgan fingerprint density at radius 3 is 2.74 bits per heavy atom. The topological polar surface area (TPSA) is 67.9 Å². The molecule has 1 N–H and O–H groups in total. The first-order valence-electron chi connectivity index (χ1n) is 9.08. The van der Waals surface area contributed by atoms with E-state index in [1.54, 1.807) is 23.1 Å². The lowest BCUT2D eigenvalue weighted by molar-refractivity contribution is -0.121. The molecular formula is C21H24N2O4. The maximum atomic E-state index is 12.2. The molecule has 0 aliphatic carbocycles. The summed E-state index contributed by atoms with van der Waals surface area (Å²) in [5, 5.41) is 2.85. The van der Waals surface area contributed by atoms with Gasteiger partial charge in [-0.25, -0.2) is 0 Å². The summed E-state index contributed by atoms with van der Waals surface area (Å²) >= 11 is 0. The summed E-state index contributed by atoms with van der Waals surface area (Å²) in [4.78, 5) is 26.1. The fourth-order valence-corrected chi connectivity index (χ4v) is 2.85. The molecule has 0 unspecified atom stereocenters. The van der Waals surface area contributed by atoms with E-state index in [1.165, 1.54) is 0 Å². The fraction of sp³-hybridized carbons (Fsp3) is 0.333. The molecule has 0 aromatic heterocycles. The monoisotopic (exact) mass is 368 g/mol. The highest BCUT2D eigenvalue weighted by Gasteiger charge is 2.26. The van der Waals surface area contributed by atoms with Gasteiger partial charge in [-0.15, -0.1) is 0 Å². The quantitative estimate of drug-likeness (QED) is 0.812. The standard InChI is InChI=1S/C21H24N2O4/c1-15(2)13-23-18-12-16(8-9-19(18)27-14-21(23)25)22-20(24)10-11-26-17-6-4-3-5-7-17/h3-9,12,15H,10-11,13-14H2,1-2H3,(H,22,24). The van der Waals surface area contributed by atoms with Crippen LogP contribution in [0.15, 0.2) is 48.5 Å². The van der Waals surface area contributed by atoms with Crippen LogP contribution >= 0.6 is 0 Å². The van der Waals surface area contributed by atoms with E-state index in [0.29, 0.717) is 36.2 Å². The molecule has 0 bridgehead atoms. The molecule has 27 heavy (non-hydrogen) atoms. The number of ether oxygens (including phenoxy) is 2. The molecule has 1 heterocycles. The van der Waals surface area contributed by atoms with Crippen molar-refractivity contribution in [1.82, 2.24) is 0 Å². The summed E-state index contributed by atoms with van der Waals surface area (Å²) in [6.07, 6.45) is 0.233. The molecule has 1 aliphatic rings. The number of carbonyl (C=O) groups is 2. The number of para-hydroxylation sites is 1. The average molecular weight is 368 g/mol. The van der Waals surface area contributed by atoms with Gasteiger partial charge in [0.25, 0.3) is 5.91 Å². The van der Waals surface area contributed by atoms with E-state index < -0.39 is 0 Å². The third-order valence-electron chi connectivity index (χ3n) is 4.07. The Bertz CT molecular complexity index is 805. The minimum Gasteiger partial charge on any atom is -0.493 e. The number of hydrogen-bond donors (Lipinski definition) is 1. The summed E-state index contributed by atoms with van der Waals surface area (Å²) in [5.74, 6) is 1.49. The largest absolute Gasteiger partial charge is 0.493 e. The third-order valence-corrected chi connectivity index (χ3v) is 4.07. The summed E-state index contributed by atoms with van der Waals surface area (Å²) in [5.41, 5.74) is 1.32. The van der Waals surface area contributed by atoms with Crippen molar-refractivity contribution < 1.29 is 19.1 Å². The number of benzene rings is 2. The van der Waals surface area contributed by atoms with E-state index in [1.807, 2.05) is 30.3 Å². The van der Waals surface area contributed by atoms with Crippen LogP contribution in [0.1, 0.15) is 20.3 Å². The number of nitrogens with one attached hydrogen (secondary N) is 1. The van der Waals surface area contributed by atoms with Crippen molar-refractivity contribution in [2.75, 3.05) is 30.0 Å². The van der Waals surface area contributed by atoms with Gasteiger partial charge in [0.1, 0.15) is 11.5 Å². The van der Waals surface area contributed by atoms with Crippen molar-refractivity contribution in [3.8, 4) is 11.5 Å². The Hall–Kier alpha value is -3.02. The van der Waals surface area contributed by atoms with Gasteiger partial charge in [0.2, 0.25) is 5.91 Å². The van der Waals surface area contributed by atoms with Crippen LogP contribution in [-0.2, 0) is 9.59 Å². The molecule has 0 saturated carbocycles. The first-order valence-corrected chi connectivity index (χ1v) is 9.08. The fourth-order valence-electron chi connectivity index (χ4n) is 2.85. The normalized spacial score (nSPS) is 13.1. The summed E-state index contributed by atoms with van der Waals surface area (Å²) in [6.45, 7) is 5.06. The lowest BCUT2D eigenvalue weighted by Crippen LogP contribution is -2.41. The lowest BCUT2D eigenvalue weighted by atomic mass is 10.1. The number of rotatable bonds is 7. The van der Waals surface area contributed by atoms with Crippen LogP contribution in [0, 0.1) is 5.92 Å². The molecule has 3 rings (SSSR count). The molecule has 6 nitrogen and oxygen atoms in total. The van der Waals surface area contributed by atoms with Crippen LogP contribution in [0.5, 0.6) is 11.5 Å². The molecule has 2 aromatic rings. The molecule has 142 valence electrons. The molecule has 0 atom stereocenters. The Balaban J connectivity index is 1.61. The van der Waals surface area contributed by atoms with Crippen LogP contribution in [0.2, 0.25) is 0 Å². The van der Waals surface area contributed by atoms with Gasteiger partial charge in [0.05, 0.1) is 18.7 Å². The minimum atomic E-state index is -0.149. The van der Waals surface area contributed by atoms with Gasteiger partial charge in [-0.05, 0) is 36.2 Å². The predicted molar refractivity (Wildman–Crippen MR) is 104 cm³/mol. The lowest BCUT2D eigenvalue weighted by Gasteiger charge is -2.31. The number of anilines is 2. The molecule has 0 radical (unpaired) electrons. The van der Waals surface area contributed by atoms with Crippen molar-refractivity contribution >= 4 is 23.2 Å². The van der Waals surface area contributed by atoms with Gasteiger partial charge in [-0.3, -0.25) is 9.59 Å². The summed E-state index contributed by atoms with van der Waals surface area (Å²) < 4.78 is 11.0. The van der Waals surface area contributed by atoms with Crippen LogP contribution in [0.3, 0.4) is 0 Å². The van der Waals surface area contributed by atoms with Gasteiger partial charge >= 0.3 is 0 Å². The van der Waals surface area contributed by atoms with Crippen LogP contribution in [0.4, 0.5) is 11.4 Å². The number of carbonyl (C=O) groups excluding carboxylic acids is 2. The molecule has 2 amide bonds. The minimum absolute atomic E-state index is 0.0439. The third kappa shape index (κ3) is 5.00. The Morgan fingerprint density at radius 2 is 2.00 bits per heavy atom. The first kappa shape index (κ1) is 18.8. The highest BCUT2D eigenvalue weighted by atomic mass is 16.5. The predicted octanol–water partition coefficient (Wildman–Crippen LogP) is 3.48. The van der Waals surface area contributed by atoms with Crippen LogP contribution in [0.25, 0.3) is 0 Å². The van der Waals surface area contributed by atoms with Gasteiger partial charge < -0.3 is 19.7 Å². The second-order valence-corrected chi connectivity index (χ2v) is 6.83. The highest BCUT2D eigenvalue weighted by molar-refractivity contribution is 5.99. The molecule has 0 spiro atoms. The highest BCUT2D eigenvalue weighted by Crippen LogP contribution is 2.35. The van der Waals surface area contributed by atoms with E-state index in [9.17, 15) is 9.59 Å². The smallest absolute Gasteiger partial charge is 0.265 e. The van der Waals surface area contributed by atoms with E-state index in [0.717, 1.165) is 5.75 Å². The zero-order valence-corrected chi connectivity index (χ0v) is 15.6. The van der Waals surface area contributed by atoms with E-state index in [-0.39, 0.29) is 24.8 Å². The summed E-state index contributed by atoms with van der Waals surface area (Å²) in [6, 6.07) is 14.7. The average Bonchev–Trinajstić information content (AvgIpc) is 2.65. The Labute approximate surface area is 159 Å². The molecule has 6 heteroatoms. The summed E-state index contributed by atoms with van der Waals surface area (Å²) in [7, 11) is 0. The van der Waals surface area contributed by atoms with Crippen LogP contribution in [-0.4, -0.2) is 31.6 Å². The zero-order valence-electron chi connectivity index (χ0n) is 15.6. The van der Waals surface area contributed by atoms with Gasteiger partial charge in [-0.2, -0.15) is 0 Å². The second-order valence-electron chi connectivity index (χ2n) is 6.83. The molecule has 2 aromatic carbocycles. The Kier molecular flexibility index (Phi) is 5.96. The van der Waals surface area contributed by atoms with E-state index in [2.05, 4.69) is 19.2 Å². The maximum Gasteiger partial charge on any atom is 0.265 e. The molecular weight excluding hydrogens is 344 g/mol. The number of amides is 2.